The molecular formula is C18H20O2. The van der Waals surface area contributed by atoms with Gasteiger partial charge in [-0.05, 0) is 42.7 Å². The van der Waals surface area contributed by atoms with Gasteiger partial charge in [0.25, 0.3) is 0 Å². The quantitative estimate of drug-likeness (QED) is 0.748. The first kappa shape index (κ1) is 14.3. The molecule has 20 heavy (non-hydrogen) atoms. The van der Waals surface area contributed by atoms with E-state index in [2.05, 4.69) is 0 Å². The number of benzene rings is 2. The molecule has 0 aliphatic heterocycles. The van der Waals surface area contributed by atoms with Crippen molar-refractivity contribution < 1.29 is 9.53 Å². The predicted octanol–water partition coefficient (Wildman–Crippen LogP) is 4.48. The van der Waals surface area contributed by atoms with Crippen LogP contribution in [0.3, 0.4) is 0 Å². The fourth-order valence-electron chi connectivity index (χ4n) is 2.17. The Kier molecular flexibility index (Phi) is 4.57. The number of hydrogen-bond donors (Lipinski definition) is 0. The maximum atomic E-state index is 11.8. The molecule has 2 aromatic carbocycles. The third-order valence-electron chi connectivity index (χ3n) is 3.38. The third-order valence-corrected chi connectivity index (χ3v) is 3.38. The van der Waals surface area contributed by atoms with Crippen LogP contribution in [0.25, 0.3) is 0 Å². The molecule has 0 heterocycles. The number of Topliss-reactive ketones (excluding diaryl/α,β-unsaturated/α-hetero) is 1. The van der Waals surface area contributed by atoms with E-state index in [1.54, 1.807) is 0 Å². The molecule has 0 amide bonds. The average Bonchev–Trinajstić information content (AvgIpc) is 2.48. The monoisotopic (exact) mass is 268 g/mol. The van der Waals surface area contributed by atoms with Crippen LogP contribution < -0.4 is 4.74 Å². The Hall–Kier alpha value is -2.09. The minimum atomic E-state index is 0.181. The largest absolute Gasteiger partial charge is 0.489 e. The summed E-state index contributed by atoms with van der Waals surface area (Å²) in [6.07, 6.45) is 0.532. The standard InChI is InChI=1S/C18H20O2/c1-4-17(19)16-10-14(3)18(11-13(16)2)20-12-15-8-6-5-7-9-15/h5-11H,4,12H2,1-3H3. The number of rotatable bonds is 5. The van der Waals surface area contributed by atoms with Crippen LogP contribution in [0.1, 0.15) is 40.4 Å². The molecule has 0 spiro atoms. The van der Waals surface area contributed by atoms with Gasteiger partial charge in [0.1, 0.15) is 12.4 Å². The first-order valence-electron chi connectivity index (χ1n) is 6.93. The first-order chi connectivity index (χ1) is 9.61. The van der Waals surface area contributed by atoms with E-state index >= 15 is 0 Å². The molecule has 0 unspecified atom stereocenters. The van der Waals surface area contributed by atoms with Gasteiger partial charge >= 0.3 is 0 Å². The molecule has 2 heteroatoms. The molecule has 2 nitrogen and oxygen atoms in total. The predicted molar refractivity (Wildman–Crippen MR) is 81.3 cm³/mol. The van der Waals surface area contributed by atoms with Crippen LogP contribution in [0.5, 0.6) is 5.75 Å². The second kappa shape index (κ2) is 6.38. The lowest BCUT2D eigenvalue weighted by Crippen LogP contribution is -2.03. The van der Waals surface area contributed by atoms with Gasteiger partial charge in [0.15, 0.2) is 5.78 Å². The second-order valence-corrected chi connectivity index (χ2v) is 4.98. The lowest BCUT2D eigenvalue weighted by Gasteiger charge is -2.12. The number of carbonyl (C=O) groups is 1. The molecular weight excluding hydrogens is 248 g/mol. The SMILES string of the molecule is CCC(=O)c1cc(C)c(OCc2ccccc2)cc1C. The van der Waals surface area contributed by atoms with Crippen LogP contribution in [-0.2, 0) is 6.61 Å². The smallest absolute Gasteiger partial charge is 0.162 e. The Morgan fingerprint density at radius 1 is 1.05 bits per heavy atom. The summed E-state index contributed by atoms with van der Waals surface area (Å²) in [7, 11) is 0. The third kappa shape index (κ3) is 3.27. The average molecular weight is 268 g/mol. The lowest BCUT2D eigenvalue weighted by molar-refractivity contribution is 0.0987. The van der Waals surface area contributed by atoms with E-state index in [4.69, 9.17) is 4.74 Å². The molecule has 0 aromatic heterocycles. The van der Waals surface area contributed by atoms with Crippen molar-refractivity contribution in [1.82, 2.24) is 0 Å². The van der Waals surface area contributed by atoms with E-state index < -0.39 is 0 Å². The van der Waals surface area contributed by atoms with E-state index in [0.717, 1.165) is 28.0 Å². The van der Waals surface area contributed by atoms with Gasteiger partial charge in [0.2, 0.25) is 0 Å². The molecule has 0 saturated carbocycles. The molecule has 104 valence electrons. The second-order valence-electron chi connectivity index (χ2n) is 4.98. The van der Waals surface area contributed by atoms with Crippen LogP contribution in [-0.4, -0.2) is 5.78 Å². The van der Waals surface area contributed by atoms with Gasteiger partial charge in [-0.1, -0.05) is 37.3 Å². The molecule has 0 radical (unpaired) electrons. The van der Waals surface area contributed by atoms with Crippen molar-refractivity contribution in [2.24, 2.45) is 0 Å². The van der Waals surface area contributed by atoms with Crippen LogP contribution in [0, 0.1) is 13.8 Å². The lowest BCUT2D eigenvalue weighted by atomic mass is 10.00. The summed E-state index contributed by atoms with van der Waals surface area (Å²) in [5, 5.41) is 0. The Bertz CT molecular complexity index is 600. The van der Waals surface area contributed by atoms with Gasteiger partial charge in [-0.15, -0.1) is 0 Å². The zero-order valence-corrected chi connectivity index (χ0v) is 12.3. The summed E-state index contributed by atoms with van der Waals surface area (Å²) >= 11 is 0. The highest BCUT2D eigenvalue weighted by molar-refractivity contribution is 5.97. The highest BCUT2D eigenvalue weighted by atomic mass is 16.5. The van der Waals surface area contributed by atoms with Gasteiger partial charge in [-0.25, -0.2) is 0 Å². The summed E-state index contributed by atoms with van der Waals surface area (Å²) in [4.78, 5) is 11.8. The van der Waals surface area contributed by atoms with Crippen molar-refractivity contribution in [2.75, 3.05) is 0 Å². The molecule has 0 fully saturated rings. The van der Waals surface area contributed by atoms with Crippen molar-refractivity contribution >= 4 is 5.78 Å². The van der Waals surface area contributed by atoms with Crippen LogP contribution in [0.4, 0.5) is 0 Å². The van der Waals surface area contributed by atoms with E-state index in [1.165, 1.54) is 0 Å². The summed E-state index contributed by atoms with van der Waals surface area (Å²) < 4.78 is 5.86. The fraction of sp³-hybridized carbons (Fsp3) is 0.278. The van der Waals surface area contributed by atoms with E-state index in [1.807, 2.05) is 63.2 Å². The topological polar surface area (TPSA) is 26.3 Å². The number of aryl methyl sites for hydroxylation is 2. The van der Waals surface area contributed by atoms with Gasteiger partial charge in [-0.2, -0.15) is 0 Å². The Morgan fingerprint density at radius 3 is 2.40 bits per heavy atom. The van der Waals surface area contributed by atoms with E-state index in [9.17, 15) is 4.79 Å². The molecule has 0 aliphatic rings. The molecule has 0 atom stereocenters. The fourth-order valence-corrected chi connectivity index (χ4v) is 2.17. The Balaban J connectivity index is 2.17. The maximum Gasteiger partial charge on any atom is 0.162 e. The minimum Gasteiger partial charge on any atom is -0.489 e. The maximum absolute atomic E-state index is 11.8. The van der Waals surface area contributed by atoms with Gasteiger partial charge in [0.05, 0.1) is 0 Å². The first-order valence-corrected chi connectivity index (χ1v) is 6.93. The van der Waals surface area contributed by atoms with E-state index in [0.29, 0.717) is 13.0 Å². The number of carbonyl (C=O) groups excluding carboxylic acids is 1. The summed E-state index contributed by atoms with van der Waals surface area (Å²) in [6, 6.07) is 14.0. The van der Waals surface area contributed by atoms with Gasteiger partial charge < -0.3 is 4.74 Å². The normalized spacial score (nSPS) is 10.3. The number of hydrogen-bond acceptors (Lipinski definition) is 2. The summed E-state index contributed by atoms with van der Waals surface area (Å²) in [5.74, 6) is 1.03. The van der Waals surface area contributed by atoms with Crippen LogP contribution in [0.15, 0.2) is 42.5 Å². The van der Waals surface area contributed by atoms with Crippen molar-refractivity contribution in [3.63, 3.8) is 0 Å². The van der Waals surface area contributed by atoms with Gasteiger partial charge in [0, 0.05) is 12.0 Å². The molecule has 2 rings (SSSR count). The number of ketones is 1. The Morgan fingerprint density at radius 2 is 1.75 bits per heavy atom. The zero-order valence-electron chi connectivity index (χ0n) is 12.3. The zero-order chi connectivity index (χ0) is 14.5. The van der Waals surface area contributed by atoms with Crippen molar-refractivity contribution in [2.45, 2.75) is 33.8 Å². The van der Waals surface area contributed by atoms with Crippen molar-refractivity contribution in [1.29, 1.82) is 0 Å². The highest BCUT2D eigenvalue weighted by Gasteiger charge is 2.10. The van der Waals surface area contributed by atoms with Crippen molar-refractivity contribution in [3.05, 3.63) is 64.7 Å². The number of ether oxygens (including phenoxy) is 1. The molecule has 0 bridgehead atoms. The highest BCUT2D eigenvalue weighted by Crippen LogP contribution is 2.24. The molecule has 2 aromatic rings. The van der Waals surface area contributed by atoms with Crippen molar-refractivity contribution in [3.8, 4) is 5.75 Å². The van der Waals surface area contributed by atoms with E-state index in [-0.39, 0.29) is 5.78 Å². The molecule has 0 saturated heterocycles. The molecule has 0 N–H and O–H groups in total. The van der Waals surface area contributed by atoms with Gasteiger partial charge in [-0.3, -0.25) is 4.79 Å². The molecule has 0 aliphatic carbocycles. The Labute approximate surface area is 120 Å². The summed E-state index contributed by atoms with van der Waals surface area (Å²) in [6.45, 7) is 6.36. The van der Waals surface area contributed by atoms with Crippen LogP contribution in [0.2, 0.25) is 0 Å². The minimum absolute atomic E-state index is 0.181. The van der Waals surface area contributed by atoms with Crippen LogP contribution >= 0.6 is 0 Å². The summed E-state index contributed by atoms with van der Waals surface area (Å²) in [5.41, 5.74) is 3.92.